The van der Waals surface area contributed by atoms with Crippen LogP contribution in [0.15, 0.2) is 36.9 Å². The third-order valence-corrected chi connectivity index (χ3v) is 8.91. The molecule has 2 aromatic rings. The predicted octanol–water partition coefficient (Wildman–Crippen LogP) is 2.32. The molecular weight excluding hydrogens is 530 g/mol. The molecule has 0 saturated carbocycles. The molecule has 11 nitrogen and oxygen atoms in total. The lowest BCUT2D eigenvalue weighted by atomic mass is 10.0. The molecular formula is C31H45N9O2. The van der Waals surface area contributed by atoms with E-state index in [1.807, 2.05) is 30.9 Å². The van der Waals surface area contributed by atoms with E-state index in [9.17, 15) is 9.59 Å². The van der Waals surface area contributed by atoms with E-state index in [0.29, 0.717) is 49.4 Å². The molecule has 0 aliphatic carbocycles. The summed E-state index contributed by atoms with van der Waals surface area (Å²) in [7, 11) is 2.20. The van der Waals surface area contributed by atoms with Gasteiger partial charge in [-0.15, -0.1) is 0 Å². The van der Waals surface area contributed by atoms with Crippen LogP contribution >= 0.6 is 0 Å². The average molecular weight is 576 g/mol. The minimum absolute atomic E-state index is 0.0119. The van der Waals surface area contributed by atoms with Gasteiger partial charge in [-0.1, -0.05) is 13.5 Å². The van der Waals surface area contributed by atoms with Gasteiger partial charge in [0.25, 0.3) is 5.91 Å². The van der Waals surface area contributed by atoms with E-state index in [4.69, 9.17) is 10.7 Å². The third kappa shape index (κ3) is 6.52. The van der Waals surface area contributed by atoms with E-state index >= 15 is 0 Å². The first-order valence-corrected chi connectivity index (χ1v) is 15.2. The molecule has 3 saturated heterocycles. The van der Waals surface area contributed by atoms with Gasteiger partial charge in [0.1, 0.15) is 0 Å². The van der Waals surface area contributed by atoms with Crippen molar-refractivity contribution in [3.8, 4) is 0 Å². The van der Waals surface area contributed by atoms with Crippen LogP contribution in [0.5, 0.6) is 0 Å². The van der Waals surface area contributed by atoms with E-state index < -0.39 is 5.91 Å². The van der Waals surface area contributed by atoms with Crippen LogP contribution in [-0.4, -0.2) is 115 Å². The number of piperidine rings is 1. The Kier molecular flexibility index (Phi) is 9.27. The number of nitrogens with two attached hydrogens (primary N) is 1. The van der Waals surface area contributed by atoms with Crippen LogP contribution in [0, 0.1) is 0 Å². The van der Waals surface area contributed by atoms with Gasteiger partial charge in [-0.2, -0.15) is 0 Å². The predicted molar refractivity (Wildman–Crippen MR) is 168 cm³/mol. The highest BCUT2D eigenvalue weighted by Gasteiger charge is 2.30. The fourth-order valence-electron chi connectivity index (χ4n) is 6.37. The van der Waals surface area contributed by atoms with Crippen molar-refractivity contribution in [2.45, 2.75) is 45.2 Å². The summed E-state index contributed by atoms with van der Waals surface area (Å²) in [6, 6.07) is 8.94. The fraction of sp³-hybridized carbons (Fsp3) is 0.548. The van der Waals surface area contributed by atoms with Crippen molar-refractivity contribution in [1.82, 2.24) is 24.7 Å². The zero-order valence-corrected chi connectivity index (χ0v) is 25.3. The Morgan fingerprint density at radius 1 is 1.00 bits per heavy atom. The average Bonchev–Trinajstić information content (AvgIpc) is 3.01. The molecule has 1 atom stereocenters. The zero-order valence-electron chi connectivity index (χ0n) is 25.3. The number of aryl methyl sites for hydroxylation is 1. The molecule has 5 rings (SSSR count). The number of carbonyl (C=O) groups is 2. The lowest BCUT2D eigenvalue weighted by molar-refractivity contribution is -0.128. The summed E-state index contributed by atoms with van der Waals surface area (Å²) in [5.74, 6) is 0.356. The Labute approximate surface area is 249 Å². The SMILES string of the molecule is C=CC(=O)N1CCN(c2nc(Nc3ccc(N4CCC(N5CCN(C)CC5)CC4)cc3)c(C(N)=O)nc2CC)C[C@@H]1C. The number of amides is 2. The Bertz CT molecular complexity index is 1270. The number of nitrogens with one attached hydrogen (secondary N) is 1. The van der Waals surface area contributed by atoms with Crippen LogP contribution in [0.2, 0.25) is 0 Å². The summed E-state index contributed by atoms with van der Waals surface area (Å²) in [5.41, 5.74) is 8.58. The van der Waals surface area contributed by atoms with Crippen molar-refractivity contribution in [3.63, 3.8) is 0 Å². The molecule has 4 heterocycles. The molecule has 0 unspecified atom stereocenters. The highest BCUT2D eigenvalue weighted by atomic mass is 16.2. The molecule has 42 heavy (non-hydrogen) atoms. The van der Waals surface area contributed by atoms with Crippen molar-refractivity contribution in [1.29, 1.82) is 0 Å². The standard InChI is InChI=1S/C31H45N9O2/c1-5-26-31(39-19-20-40(22(3)21-39)27(41)6-2)35-30(28(34-26)29(32)42)33-23-7-9-24(10-8-23)37-13-11-25(12-14-37)38-17-15-36(4)16-18-38/h6-10,22,25H,2,5,11-21H2,1,3-4H3,(H2,32,42)(H,33,35)/t22-/m0/s1. The molecule has 226 valence electrons. The smallest absolute Gasteiger partial charge is 0.271 e. The van der Waals surface area contributed by atoms with E-state index in [1.54, 1.807) is 0 Å². The largest absolute Gasteiger partial charge is 0.371 e. The molecule has 0 radical (unpaired) electrons. The molecule has 1 aromatic heterocycles. The van der Waals surface area contributed by atoms with Gasteiger partial charge in [0, 0.05) is 82.4 Å². The van der Waals surface area contributed by atoms with Crippen LogP contribution in [0.1, 0.15) is 42.9 Å². The van der Waals surface area contributed by atoms with Crippen molar-refractivity contribution in [2.75, 3.05) is 81.1 Å². The number of rotatable bonds is 8. The minimum atomic E-state index is -0.624. The first kappa shape index (κ1) is 29.8. The molecule has 3 aliphatic rings. The van der Waals surface area contributed by atoms with Crippen molar-refractivity contribution < 1.29 is 9.59 Å². The first-order valence-electron chi connectivity index (χ1n) is 15.2. The van der Waals surface area contributed by atoms with E-state index in [1.165, 1.54) is 37.7 Å². The minimum Gasteiger partial charge on any atom is -0.371 e. The number of hydrogen-bond donors (Lipinski definition) is 2. The molecule has 11 heteroatoms. The Hall–Kier alpha value is -3.70. The number of anilines is 4. The topological polar surface area (TPSA) is 114 Å². The second-order valence-corrected chi connectivity index (χ2v) is 11.7. The molecule has 1 aromatic carbocycles. The van der Waals surface area contributed by atoms with Crippen LogP contribution in [0.3, 0.4) is 0 Å². The van der Waals surface area contributed by atoms with Gasteiger partial charge in [-0.3, -0.25) is 14.5 Å². The summed E-state index contributed by atoms with van der Waals surface area (Å²) in [4.78, 5) is 45.6. The van der Waals surface area contributed by atoms with Gasteiger partial charge in [-0.05, 0) is 63.6 Å². The normalized spacial score (nSPS) is 20.9. The lowest BCUT2D eigenvalue weighted by Gasteiger charge is -2.42. The van der Waals surface area contributed by atoms with Crippen molar-refractivity contribution in [3.05, 3.63) is 48.3 Å². The number of piperazine rings is 2. The van der Waals surface area contributed by atoms with Crippen LogP contribution in [0.4, 0.5) is 23.0 Å². The van der Waals surface area contributed by atoms with Gasteiger partial charge >= 0.3 is 0 Å². The summed E-state index contributed by atoms with van der Waals surface area (Å²) in [5, 5.41) is 3.31. The summed E-state index contributed by atoms with van der Waals surface area (Å²) in [6.45, 7) is 16.2. The number of aromatic nitrogens is 2. The van der Waals surface area contributed by atoms with Crippen LogP contribution in [0.25, 0.3) is 0 Å². The van der Waals surface area contributed by atoms with Gasteiger partial charge < -0.3 is 30.7 Å². The molecule has 3 N–H and O–H groups in total. The summed E-state index contributed by atoms with van der Waals surface area (Å²) < 4.78 is 0. The van der Waals surface area contributed by atoms with E-state index in [-0.39, 0.29) is 17.6 Å². The lowest BCUT2D eigenvalue weighted by Crippen LogP contribution is -2.54. The number of carbonyl (C=O) groups excluding carboxylic acids is 2. The van der Waals surface area contributed by atoms with Crippen molar-refractivity contribution >= 4 is 34.8 Å². The highest BCUT2D eigenvalue weighted by molar-refractivity contribution is 5.96. The van der Waals surface area contributed by atoms with Crippen molar-refractivity contribution in [2.24, 2.45) is 5.73 Å². The Morgan fingerprint density at radius 2 is 1.69 bits per heavy atom. The number of nitrogens with zero attached hydrogens (tertiary/aromatic N) is 7. The third-order valence-electron chi connectivity index (χ3n) is 8.91. The number of primary amides is 1. The van der Waals surface area contributed by atoms with Gasteiger partial charge in [0.05, 0.1) is 5.69 Å². The number of likely N-dealkylation sites (N-methyl/N-ethyl adjacent to an activating group) is 1. The van der Waals surface area contributed by atoms with Gasteiger partial charge in [0.2, 0.25) is 5.91 Å². The maximum atomic E-state index is 12.4. The van der Waals surface area contributed by atoms with Gasteiger partial charge in [-0.25, -0.2) is 9.97 Å². The molecule has 2 amide bonds. The second-order valence-electron chi connectivity index (χ2n) is 11.7. The first-order chi connectivity index (χ1) is 20.3. The molecule has 3 aliphatic heterocycles. The monoisotopic (exact) mass is 575 g/mol. The summed E-state index contributed by atoms with van der Waals surface area (Å²) >= 11 is 0. The van der Waals surface area contributed by atoms with Crippen LogP contribution in [-0.2, 0) is 11.2 Å². The molecule has 3 fully saturated rings. The number of benzene rings is 1. The summed E-state index contributed by atoms with van der Waals surface area (Å²) in [6.07, 6.45) is 4.32. The highest BCUT2D eigenvalue weighted by Crippen LogP contribution is 2.29. The maximum Gasteiger partial charge on any atom is 0.271 e. The maximum absolute atomic E-state index is 12.4. The quantitative estimate of drug-likeness (QED) is 0.458. The molecule has 0 spiro atoms. The van der Waals surface area contributed by atoms with E-state index in [2.05, 4.69) is 55.7 Å². The number of hydrogen-bond acceptors (Lipinski definition) is 9. The zero-order chi connectivity index (χ0) is 29.8. The second kappa shape index (κ2) is 13.1. The van der Waals surface area contributed by atoms with Crippen LogP contribution < -0.4 is 20.9 Å². The fourth-order valence-corrected chi connectivity index (χ4v) is 6.37. The van der Waals surface area contributed by atoms with Gasteiger partial charge in [0.15, 0.2) is 17.3 Å². The Morgan fingerprint density at radius 3 is 2.29 bits per heavy atom. The Balaban J connectivity index is 1.27. The van der Waals surface area contributed by atoms with E-state index in [0.717, 1.165) is 31.9 Å². The molecule has 0 bridgehead atoms.